The molecule has 1 aliphatic heterocycles. The van der Waals surface area contributed by atoms with Crippen LogP contribution in [-0.4, -0.2) is 37.1 Å². The van der Waals surface area contributed by atoms with Crippen molar-refractivity contribution in [2.45, 2.75) is 33.1 Å². The van der Waals surface area contributed by atoms with E-state index in [2.05, 4.69) is 16.7 Å². The molecule has 0 radical (unpaired) electrons. The zero-order valence-electron chi connectivity index (χ0n) is 10.3. The first kappa shape index (κ1) is 13.1. The summed E-state index contributed by atoms with van der Waals surface area (Å²) < 4.78 is 5.04. The predicted molar refractivity (Wildman–Crippen MR) is 63.9 cm³/mol. The van der Waals surface area contributed by atoms with Crippen LogP contribution >= 0.6 is 0 Å². The molecule has 90 valence electrons. The van der Waals surface area contributed by atoms with Crippen molar-refractivity contribution in [3.05, 3.63) is 0 Å². The Morgan fingerprint density at radius 2 is 2.12 bits per heavy atom. The van der Waals surface area contributed by atoms with E-state index in [4.69, 9.17) is 4.74 Å². The van der Waals surface area contributed by atoms with Crippen molar-refractivity contribution in [2.75, 3.05) is 26.2 Å². The molecular weight excluding hydrogens is 202 g/mol. The lowest BCUT2D eigenvalue weighted by Gasteiger charge is -2.30. The summed E-state index contributed by atoms with van der Waals surface area (Å²) in [5, 5.41) is 0. The van der Waals surface area contributed by atoms with Crippen LogP contribution in [0.4, 0.5) is 0 Å². The molecule has 0 aliphatic carbocycles. The SMILES string of the molecule is CC#CCCN1CCC(C(=O)OCC)CC1. The maximum absolute atomic E-state index is 11.5. The monoisotopic (exact) mass is 223 g/mol. The fraction of sp³-hybridized carbons (Fsp3) is 0.769. The highest BCUT2D eigenvalue weighted by Gasteiger charge is 2.25. The molecule has 1 heterocycles. The van der Waals surface area contributed by atoms with E-state index >= 15 is 0 Å². The number of piperidine rings is 1. The summed E-state index contributed by atoms with van der Waals surface area (Å²) in [4.78, 5) is 13.9. The molecule has 0 amide bonds. The van der Waals surface area contributed by atoms with Crippen molar-refractivity contribution >= 4 is 5.97 Å². The second kappa shape index (κ2) is 7.29. The van der Waals surface area contributed by atoms with E-state index in [0.717, 1.165) is 38.9 Å². The molecule has 0 aromatic heterocycles. The van der Waals surface area contributed by atoms with Crippen LogP contribution in [0.3, 0.4) is 0 Å². The molecule has 0 N–H and O–H groups in total. The van der Waals surface area contributed by atoms with Crippen molar-refractivity contribution in [3.63, 3.8) is 0 Å². The minimum atomic E-state index is -0.0181. The van der Waals surface area contributed by atoms with Gasteiger partial charge in [-0.15, -0.1) is 11.8 Å². The number of carbonyl (C=O) groups is 1. The van der Waals surface area contributed by atoms with Crippen LogP contribution in [0.25, 0.3) is 0 Å². The van der Waals surface area contributed by atoms with Gasteiger partial charge in [-0.2, -0.15) is 0 Å². The molecule has 0 bridgehead atoms. The molecule has 3 heteroatoms. The topological polar surface area (TPSA) is 29.5 Å². The number of hydrogen-bond donors (Lipinski definition) is 0. The predicted octanol–water partition coefficient (Wildman–Crippen LogP) is 1.67. The average molecular weight is 223 g/mol. The lowest BCUT2D eigenvalue weighted by Crippen LogP contribution is -2.37. The van der Waals surface area contributed by atoms with Crippen LogP contribution in [-0.2, 0) is 9.53 Å². The van der Waals surface area contributed by atoms with Crippen molar-refractivity contribution in [2.24, 2.45) is 5.92 Å². The third-order valence-corrected chi connectivity index (χ3v) is 2.94. The Kier molecular flexibility index (Phi) is 5.95. The second-order valence-corrected chi connectivity index (χ2v) is 4.04. The van der Waals surface area contributed by atoms with E-state index < -0.39 is 0 Å². The number of hydrogen-bond acceptors (Lipinski definition) is 3. The lowest BCUT2D eigenvalue weighted by molar-refractivity contribution is -0.149. The van der Waals surface area contributed by atoms with Crippen LogP contribution < -0.4 is 0 Å². The maximum atomic E-state index is 11.5. The summed E-state index contributed by atoms with van der Waals surface area (Å²) in [6.07, 6.45) is 2.79. The largest absolute Gasteiger partial charge is 0.466 e. The molecule has 0 aromatic rings. The Hall–Kier alpha value is -1.01. The van der Waals surface area contributed by atoms with E-state index in [-0.39, 0.29) is 11.9 Å². The molecule has 16 heavy (non-hydrogen) atoms. The van der Waals surface area contributed by atoms with Gasteiger partial charge in [-0.1, -0.05) is 0 Å². The van der Waals surface area contributed by atoms with E-state index in [0.29, 0.717) is 6.61 Å². The molecule has 1 saturated heterocycles. The van der Waals surface area contributed by atoms with Gasteiger partial charge >= 0.3 is 5.97 Å². The van der Waals surface area contributed by atoms with Gasteiger partial charge < -0.3 is 9.64 Å². The van der Waals surface area contributed by atoms with Crippen molar-refractivity contribution < 1.29 is 9.53 Å². The Morgan fingerprint density at radius 1 is 1.44 bits per heavy atom. The highest BCUT2D eigenvalue weighted by molar-refractivity contribution is 5.72. The van der Waals surface area contributed by atoms with Gasteiger partial charge in [0, 0.05) is 13.0 Å². The standard InChI is InChI=1S/C13H21NO2/c1-3-5-6-9-14-10-7-12(8-11-14)13(15)16-4-2/h12H,4,6-11H2,1-2H3. The fourth-order valence-electron chi connectivity index (χ4n) is 1.99. The van der Waals surface area contributed by atoms with Crippen LogP contribution in [0.15, 0.2) is 0 Å². The Morgan fingerprint density at radius 3 is 2.69 bits per heavy atom. The third kappa shape index (κ3) is 4.24. The molecular formula is C13H21NO2. The zero-order chi connectivity index (χ0) is 11.8. The molecule has 0 unspecified atom stereocenters. The molecule has 0 spiro atoms. The summed E-state index contributed by atoms with van der Waals surface area (Å²) in [6.45, 7) is 7.23. The normalized spacial score (nSPS) is 17.6. The van der Waals surface area contributed by atoms with Crippen molar-refractivity contribution in [1.29, 1.82) is 0 Å². The number of nitrogens with zero attached hydrogens (tertiary/aromatic N) is 1. The minimum Gasteiger partial charge on any atom is -0.466 e. The quantitative estimate of drug-likeness (QED) is 0.536. The van der Waals surface area contributed by atoms with E-state index in [1.54, 1.807) is 0 Å². The minimum absolute atomic E-state index is 0.0181. The Labute approximate surface area is 98.1 Å². The lowest BCUT2D eigenvalue weighted by atomic mass is 9.97. The van der Waals surface area contributed by atoms with E-state index in [1.807, 2.05) is 13.8 Å². The first-order chi connectivity index (χ1) is 7.77. The van der Waals surface area contributed by atoms with Crippen LogP contribution in [0.2, 0.25) is 0 Å². The van der Waals surface area contributed by atoms with Gasteiger partial charge in [-0.25, -0.2) is 0 Å². The van der Waals surface area contributed by atoms with Crippen LogP contribution in [0, 0.1) is 17.8 Å². The zero-order valence-corrected chi connectivity index (χ0v) is 10.3. The fourth-order valence-corrected chi connectivity index (χ4v) is 1.99. The highest BCUT2D eigenvalue weighted by Crippen LogP contribution is 2.18. The maximum Gasteiger partial charge on any atom is 0.309 e. The van der Waals surface area contributed by atoms with Gasteiger partial charge in [0.15, 0.2) is 0 Å². The van der Waals surface area contributed by atoms with Gasteiger partial charge in [0.25, 0.3) is 0 Å². The second-order valence-electron chi connectivity index (χ2n) is 4.04. The highest BCUT2D eigenvalue weighted by atomic mass is 16.5. The molecule has 3 nitrogen and oxygen atoms in total. The van der Waals surface area contributed by atoms with E-state index in [1.165, 1.54) is 0 Å². The van der Waals surface area contributed by atoms with Gasteiger partial charge in [0.05, 0.1) is 12.5 Å². The molecule has 1 aliphatic rings. The van der Waals surface area contributed by atoms with Gasteiger partial charge in [0.2, 0.25) is 0 Å². The van der Waals surface area contributed by atoms with Gasteiger partial charge in [-0.05, 0) is 39.8 Å². The van der Waals surface area contributed by atoms with Crippen LogP contribution in [0.5, 0.6) is 0 Å². The Balaban J connectivity index is 2.22. The number of rotatable bonds is 4. The number of carbonyl (C=O) groups excluding carboxylic acids is 1. The number of likely N-dealkylation sites (tertiary alicyclic amines) is 1. The molecule has 1 fully saturated rings. The molecule has 0 atom stereocenters. The summed E-state index contributed by atoms with van der Waals surface area (Å²) in [7, 11) is 0. The molecule has 0 aromatic carbocycles. The average Bonchev–Trinajstić information content (AvgIpc) is 2.30. The number of ether oxygens (including phenoxy) is 1. The summed E-state index contributed by atoms with van der Waals surface area (Å²) in [5.41, 5.74) is 0. The molecule has 1 rings (SSSR count). The number of esters is 1. The first-order valence-corrected chi connectivity index (χ1v) is 6.06. The Bertz CT molecular complexity index is 269. The summed E-state index contributed by atoms with van der Waals surface area (Å²) in [6, 6.07) is 0. The summed E-state index contributed by atoms with van der Waals surface area (Å²) >= 11 is 0. The summed E-state index contributed by atoms with van der Waals surface area (Å²) in [5.74, 6) is 6.07. The van der Waals surface area contributed by atoms with Crippen molar-refractivity contribution in [1.82, 2.24) is 4.90 Å². The van der Waals surface area contributed by atoms with Crippen LogP contribution in [0.1, 0.15) is 33.1 Å². The first-order valence-electron chi connectivity index (χ1n) is 6.06. The van der Waals surface area contributed by atoms with Crippen molar-refractivity contribution in [3.8, 4) is 11.8 Å². The van der Waals surface area contributed by atoms with Gasteiger partial charge in [0.1, 0.15) is 0 Å². The smallest absolute Gasteiger partial charge is 0.309 e. The third-order valence-electron chi connectivity index (χ3n) is 2.94. The molecule has 0 saturated carbocycles. The van der Waals surface area contributed by atoms with Gasteiger partial charge in [-0.3, -0.25) is 4.79 Å². The van der Waals surface area contributed by atoms with E-state index in [9.17, 15) is 4.79 Å².